The summed E-state index contributed by atoms with van der Waals surface area (Å²) in [6.45, 7) is 4.94. The standard InChI is InChI=1S/C17H17ClN4O2/c1-12-13(18)4-2-5-14(12)24-15-6-3-7-22-16(15)19-20-17(22)21-8-10-23-11-9-21/h2-7H,8-11H2,1H3. The molecule has 1 aliphatic heterocycles. The first-order valence-electron chi connectivity index (χ1n) is 7.83. The number of halogens is 1. The van der Waals surface area contributed by atoms with Gasteiger partial charge >= 0.3 is 0 Å². The highest BCUT2D eigenvalue weighted by atomic mass is 35.5. The van der Waals surface area contributed by atoms with Crippen molar-refractivity contribution >= 4 is 23.2 Å². The molecule has 2 aromatic heterocycles. The minimum absolute atomic E-state index is 0.648. The fraction of sp³-hybridized carbons (Fsp3) is 0.294. The van der Waals surface area contributed by atoms with Crippen molar-refractivity contribution < 1.29 is 9.47 Å². The van der Waals surface area contributed by atoms with Crippen molar-refractivity contribution in [3.63, 3.8) is 0 Å². The van der Waals surface area contributed by atoms with Gasteiger partial charge in [0.2, 0.25) is 11.6 Å². The minimum Gasteiger partial charge on any atom is -0.453 e. The Bertz CT molecular complexity index is 874. The van der Waals surface area contributed by atoms with Gasteiger partial charge in [0.25, 0.3) is 0 Å². The van der Waals surface area contributed by atoms with E-state index >= 15 is 0 Å². The zero-order valence-electron chi connectivity index (χ0n) is 13.3. The first-order valence-corrected chi connectivity index (χ1v) is 8.21. The molecule has 3 aromatic rings. The van der Waals surface area contributed by atoms with Crippen molar-refractivity contribution in [3.8, 4) is 11.5 Å². The zero-order chi connectivity index (χ0) is 16.5. The lowest BCUT2D eigenvalue weighted by atomic mass is 10.2. The average Bonchev–Trinajstić information content (AvgIpc) is 3.05. The second-order valence-electron chi connectivity index (χ2n) is 5.63. The number of benzene rings is 1. The normalized spacial score (nSPS) is 15.0. The molecule has 6 nitrogen and oxygen atoms in total. The highest BCUT2D eigenvalue weighted by Gasteiger charge is 2.19. The molecule has 24 heavy (non-hydrogen) atoms. The van der Waals surface area contributed by atoms with Crippen LogP contribution < -0.4 is 9.64 Å². The molecule has 1 saturated heterocycles. The predicted molar refractivity (Wildman–Crippen MR) is 92.3 cm³/mol. The van der Waals surface area contributed by atoms with E-state index in [0.717, 1.165) is 24.6 Å². The molecule has 3 heterocycles. The highest BCUT2D eigenvalue weighted by Crippen LogP contribution is 2.32. The lowest BCUT2D eigenvalue weighted by molar-refractivity contribution is 0.122. The van der Waals surface area contributed by atoms with Crippen molar-refractivity contribution in [2.75, 3.05) is 31.2 Å². The summed E-state index contributed by atoms with van der Waals surface area (Å²) in [4.78, 5) is 2.16. The van der Waals surface area contributed by atoms with E-state index in [2.05, 4.69) is 15.1 Å². The van der Waals surface area contributed by atoms with Crippen molar-refractivity contribution in [2.45, 2.75) is 6.92 Å². The second-order valence-corrected chi connectivity index (χ2v) is 6.04. The van der Waals surface area contributed by atoms with Crippen LogP contribution in [-0.4, -0.2) is 40.9 Å². The largest absolute Gasteiger partial charge is 0.453 e. The Morgan fingerprint density at radius 2 is 1.88 bits per heavy atom. The zero-order valence-corrected chi connectivity index (χ0v) is 14.0. The molecular weight excluding hydrogens is 328 g/mol. The number of nitrogens with zero attached hydrogens (tertiary/aromatic N) is 4. The van der Waals surface area contributed by atoms with E-state index in [4.69, 9.17) is 21.1 Å². The molecule has 0 N–H and O–H groups in total. The predicted octanol–water partition coefficient (Wildman–Crippen LogP) is 3.32. The van der Waals surface area contributed by atoms with Gasteiger partial charge < -0.3 is 14.4 Å². The summed E-state index contributed by atoms with van der Waals surface area (Å²) < 4.78 is 13.4. The molecule has 0 aliphatic carbocycles. The van der Waals surface area contributed by atoms with Gasteiger partial charge in [-0.1, -0.05) is 17.7 Å². The smallest absolute Gasteiger partial charge is 0.231 e. The van der Waals surface area contributed by atoms with Crippen molar-refractivity contribution in [1.29, 1.82) is 0 Å². The molecule has 1 aliphatic rings. The third-order valence-electron chi connectivity index (χ3n) is 4.11. The summed E-state index contributed by atoms with van der Waals surface area (Å²) in [5, 5.41) is 9.33. The number of morpholine rings is 1. The minimum atomic E-state index is 0.648. The maximum Gasteiger partial charge on any atom is 0.231 e. The fourth-order valence-electron chi connectivity index (χ4n) is 2.75. The van der Waals surface area contributed by atoms with Crippen LogP contribution >= 0.6 is 11.6 Å². The Labute approximate surface area is 144 Å². The summed E-state index contributed by atoms with van der Waals surface area (Å²) in [5.41, 5.74) is 1.58. The van der Waals surface area contributed by atoms with Gasteiger partial charge in [0.15, 0.2) is 5.75 Å². The van der Waals surface area contributed by atoms with Crippen LogP contribution in [0.2, 0.25) is 5.02 Å². The summed E-state index contributed by atoms with van der Waals surface area (Å²) >= 11 is 6.17. The summed E-state index contributed by atoms with van der Waals surface area (Å²) in [5.74, 6) is 2.17. The molecule has 0 atom stereocenters. The van der Waals surface area contributed by atoms with Crippen LogP contribution in [0.25, 0.3) is 5.65 Å². The van der Waals surface area contributed by atoms with Gasteiger partial charge in [0.1, 0.15) is 5.75 Å². The number of aromatic nitrogens is 3. The topological polar surface area (TPSA) is 51.9 Å². The molecule has 7 heteroatoms. The molecule has 0 spiro atoms. The first kappa shape index (κ1) is 15.2. The molecule has 1 aromatic carbocycles. The van der Waals surface area contributed by atoms with E-state index in [0.29, 0.717) is 35.4 Å². The maximum absolute atomic E-state index is 6.17. The Hall–Kier alpha value is -2.31. The third kappa shape index (κ3) is 2.68. The number of hydrogen-bond donors (Lipinski definition) is 0. The fourth-order valence-corrected chi connectivity index (χ4v) is 2.92. The SMILES string of the molecule is Cc1c(Cl)cccc1Oc1cccn2c(N3CCOCC3)nnc12. The van der Waals surface area contributed by atoms with E-state index < -0.39 is 0 Å². The summed E-state index contributed by atoms with van der Waals surface area (Å²) in [7, 11) is 0. The molecule has 0 unspecified atom stereocenters. The Balaban J connectivity index is 1.72. The van der Waals surface area contributed by atoms with E-state index in [-0.39, 0.29) is 0 Å². The number of pyridine rings is 1. The number of hydrogen-bond acceptors (Lipinski definition) is 5. The van der Waals surface area contributed by atoms with Gasteiger partial charge in [-0.2, -0.15) is 0 Å². The van der Waals surface area contributed by atoms with Crippen LogP contribution in [-0.2, 0) is 4.74 Å². The third-order valence-corrected chi connectivity index (χ3v) is 4.52. The molecule has 0 radical (unpaired) electrons. The summed E-state index contributed by atoms with van der Waals surface area (Å²) in [6.07, 6.45) is 1.94. The monoisotopic (exact) mass is 344 g/mol. The first-order chi connectivity index (χ1) is 11.7. The number of anilines is 1. The van der Waals surface area contributed by atoms with Crippen LogP contribution in [0.4, 0.5) is 5.95 Å². The molecular formula is C17H17ClN4O2. The van der Waals surface area contributed by atoms with Gasteiger partial charge in [-0.15, -0.1) is 10.2 Å². The molecule has 1 fully saturated rings. The average molecular weight is 345 g/mol. The van der Waals surface area contributed by atoms with Crippen LogP contribution in [0.1, 0.15) is 5.56 Å². The molecule has 4 rings (SSSR count). The summed E-state index contributed by atoms with van der Waals surface area (Å²) in [6, 6.07) is 9.42. The van der Waals surface area contributed by atoms with Crippen LogP contribution in [0, 0.1) is 6.92 Å². The van der Waals surface area contributed by atoms with Crippen molar-refractivity contribution in [3.05, 3.63) is 47.1 Å². The number of ether oxygens (including phenoxy) is 2. The lowest BCUT2D eigenvalue weighted by Gasteiger charge is -2.26. The van der Waals surface area contributed by atoms with Crippen LogP contribution in [0.3, 0.4) is 0 Å². The van der Waals surface area contributed by atoms with Crippen LogP contribution in [0.15, 0.2) is 36.5 Å². The highest BCUT2D eigenvalue weighted by molar-refractivity contribution is 6.31. The molecule has 124 valence electrons. The van der Waals surface area contributed by atoms with Gasteiger partial charge in [0, 0.05) is 29.9 Å². The van der Waals surface area contributed by atoms with Gasteiger partial charge in [-0.05, 0) is 31.2 Å². The number of fused-ring (bicyclic) bond motifs is 1. The van der Waals surface area contributed by atoms with Crippen LogP contribution in [0.5, 0.6) is 11.5 Å². The van der Waals surface area contributed by atoms with E-state index in [1.165, 1.54) is 0 Å². The Morgan fingerprint density at radius 3 is 2.71 bits per heavy atom. The number of rotatable bonds is 3. The molecule has 0 amide bonds. The van der Waals surface area contributed by atoms with Gasteiger partial charge in [-0.25, -0.2) is 0 Å². The van der Waals surface area contributed by atoms with Crippen molar-refractivity contribution in [1.82, 2.24) is 14.6 Å². The molecule has 0 saturated carbocycles. The van der Waals surface area contributed by atoms with Gasteiger partial charge in [0.05, 0.1) is 13.2 Å². The van der Waals surface area contributed by atoms with E-state index in [9.17, 15) is 0 Å². The Kier molecular flexibility index (Phi) is 4.00. The lowest BCUT2D eigenvalue weighted by Crippen LogP contribution is -2.37. The maximum atomic E-state index is 6.17. The van der Waals surface area contributed by atoms with E-state index in [1.54, 1.807) is 0 Å². The van der Waals surface area contributed by atoms with E-state index in [1.807, 2.05) is 47.9 Å². The van der Waals surface area contributed by atoms with Gasteiger partial charge in [-0.3, -0.25) is 4.40 Å². The Morgan fingerprint density at radius 1 is 1.08 bits per heavy atom. The van der Waals surface area contributed by atoms with Crippen molar-refractivity contribution in [2.24, 2.45) is 0 Å². The molecule has 0 bridgehead atoms. The quantitative estimate of drug-likeness (QED) is 0.729. The second kappa shape index (κ2) is 6.30.